The normalized spacial score (nSPS) is 33.3. The van der Waals surface area contributed by atoms with Crippen LogP contribution < -0.4 is 5.32 Å². The second-order valence-corrected chi connectivity index (χ2v) is 7.71. The Labute approximate surface area is 115 Å². The highest BCUT2D eigenvalue weighted by molar-refractivity contribution is 7.91. The highest BCUT2D eigenvalue weighted by Gasteiger charge is 2.62. The fourth-order valence-electron chi connectivity index (χ4n) is 2.82. The van der Waals surface area contributed by atoms with Crippen molar-refractivity contribution in [3.63, 3.8) is 0 Å². The molecule has 0 aromatic carbocycles. The average molecular weight is 314 g/mol. The van der Waals surface area contributed by atoms with Crippen molar-refractivity contribution in [1.82, 2.24) is 10.2 Å². The summed E-state index contributed by atoms with van der Waals surface area (Å²) < 4.78 is 62.6. The number of rotatable bonds is 2. The Kier molecular flexibility index (Phi) is 3.79. The van der Waals surface area contributed by atoms with Crippen molar-refractivity contribution in [3.05, 3.63) is 0 Å². The van der Waals surface area contributed by atoms with Gasteiger partial charge in [-0.25, -0.2) is 8.42 Å². The third kappa shape index (κ3) is 2.52. The maximum atomic E-state index is 13.3. The van der Waals surface area contributed by atoms with E-state index in [-0.39, 0.29) is 30.9 Å². The minimum Gasteiger partial charge on any atom is -0.341 e. The van der Waals surface area contributed by atoms with Crippen molar-refractivity contribution in [2.24, 2.45) is 5.41 Å². The maximum absolute atomic E-state index is 13.3. The Morgan fingerprint density at radius 1 is 1.40 bits per heavy atom. The van der Waals surface area contributed by atoms with Gasteiger partial charge in [0.15, 0.2) is 15.3 Å². The first-order valence-electron chi connectivity index (χ1n) is 6.34. The number of alkyl halides is 3. The van der Waals surface area contributed by atoms with Crippen LogP contribution >= 0.6 is 0 Å². The van der Waals surface area contributed by atoms with Crippen molar-refractivity contribution in [2.75, 3.05) is 31.6 Å². The largest absolute Gasteiger partial charge is 0.404 e. The van der Waals surface area contributed by atoms with Crippen LogP contribution in [0.15, 0.2) is 0 Å². The van der Waals surface area contributed by atoms with E-state index in [1.54, 1.807) is 0 Å². The monoisotopic (exact) mass is 314 g/mol. The van der Waals surface area contributed by atoms with Gasteiger partial charge in [0, 0.05) is 19.6 Å². The summed E-state index contributed by atoms with van der Waals surface area (Å²) in [5.41, 5.74) is -2.42. The lowest BCUT2D eigenvalue weighted by molar-refractivity contribution is -0.221. The summed E-state index contributed by atoms with van der Waals surface area (Å²) in [6.45, 7) is -0.318. The lowest BCUT2D eigenvalue weighted by atomic mass is 9.84. The molecular weight excluding hydrogens is 297 g/mol. The lowest BCUT2D eigenvalue weighted by Crippen LogP contribution is -2.55. The molecule has 2 saturated heterocycles. The summed E-state index contributed by atoms with van der Waals surface area (Å²) in [7, 11) is -1.98. The fraction of sp³-hybridized carbons (Fsp3) is 0.909. The van der Waals surface area contributed by atoms with E-state index in [0.29, 0.717) is 0 Å². The molecule has 0 aromatic heterocycles. The van der Waals surface area contributed by atoms with E-state index in [0.717, 1.165) is 4.90 Å². The minimum atomic E-state index is -4.64. The second kappa shape index (κ2) is 4.87. The number of carbonyl (C=O) groups excluding carboxylic acids is 1. The highest BCUT2D eigenvalue weighted by Crippen LogP contribution is 2.44. The number of nitrogens with one attached hydrogen (secondary N) is 1. The zero-order valence-electron chi connectivity index (χ0n) is 11.0. The number of sulfone groups is 1. The van der Waals surface area contributed by atoms with Crippen molar-refractivity contribution in [1.29, 1.82) is 0 Å². The van der Waals surface area contributed by atoms with E-state index < -0.39 is 39.9 Å². The van der Waals surface area contributed by atoms with Gasteiger partial charge in [-0.2, -0.15) is 13.2 Å². The zero-order chi connectivity index (χ0) is 15.2. The molecule has 0 aromatic rings. The number of halogens is 3. The summed E-state index contributed by atoms with van der Waals surface area (Å²) in [6, 6.07) is -0.660. The van der Waals surface area contributed by atoms with Crippen LogP contribution in [0.3, 0.4) is 0 Å². The van der Waals surface area contributed by atoms with Crippen molar-refractivity contribution >= 4 is 15.7 Å². The molecule has 2 aliphatic rings. The molecule has 2 rings (SSSR count). The van der Waals surface area contributed by atoms with Gasteiger partial charge in [-0.1, -0.05) is 0 Å². The third-order valence-corrected chi connectivity index (χ3v) is 5.93. The molecule has 0 bridgehead atoms. The Hall–Kier alpha value is -0.830. The summed E-state index contributed by atoms with van der Waals surface area (Å²) in [5, 5.41) is 2.58. The first-order chi connectivity index (χ1) is 9.09. The van der Waals surface area contributed by atoms with Crippen LogP contribution in [0.25, 0.3) is 0 Å². The molecule has 2 fully saturated rings. The first kappa shape index (κ1) is 15.6. The van der Waals surface area contributed by atoms with Crippen LogP contribution in [0.2, 0.25) is 0 Å². The summed E-state index contributed by atoms with van der Waals surface area (Å²) in [4.78, 5) is 13.3. The van der Waals surface area contributed by atoms with Crippen molar-refractivity contribution in [2.45, 2.75) is 25.1 Å². The lowest BCUT2D eigenvalue weighted by Gasteiger charge is -2.35. The van der Waals surface area contributed by atoms with Crippen molar-refractivity contribution in [3.8, 4) is 0 Å². The number of amides is 1. The van der Waals surface area contributed by atoms with Gasteiger partial charge in [-0.05, 0) is 19.4 Å². The topological polar surface area (TPSA) is 66.5 Å². The predicted molar refractivity (Wildman–Crippen MR) is 65.8 cm³/mol. The van der Waals surface area contributed by atoms with Gasteiger partial charge in [-0.15, -0.1) is 0 Å². The molecule has 1 amide bonds. The Morgan fingerprint density at radius 3 is 2.45 bits per heavy atom. The molecule has 2 heterocycles. The Balaban J connectivity index is 2.21. The smallest absolute Gasteiger partial charge is 0.341 e. The molecule has 0 radical (unpaired) electrons. The summed E-state index contributed by atoms with van der Waals surface area (Å²) in [6.07, 6.45) is -4.75. The molecule has 0 saturated carbocycles. The van der Waals surface area contributed by atoms with Crippen molar-refractivity contribution < 1.29 is 26.4 Å². The van der Waals surface area contributed by atoms with E-state index >= 15 is 0 Å². The molecule has 116 valence electrons. The number of hydrogen-bond acceptors (Lipinski definition) is 4. The van der Waals surface area contributed by atoms with Gasteiger partial charge in [0.25, 0.3) is 0 Å². The van der Waals surface area contributed by atoms with Gasteiger partial charge in [0.05, 0.1) is 11.5 Å². The SMILES string of the molecule is CN(C(=O)C1(C(F)(F)F)CCNC1)C1CCS(=O)(=O)C1. The molecule has 9 heteroatoms. The van der Waals surface area contributed by atoms with Gasteiger partial charge in [-0.3, -0.25) is 4.79 Å². The number of nitrogens with zero attached hydrogens (tertiary/aromatic N) is 1. The van der Waals surface area contributed by atoms with Crippen LogP contribution in [0.1, 0.15) is 12.8 Å². The third-order valence-electron chi connectivity index (χ3n) is 4.18. The molecule has 2 atom stereocenters. The number of hydrogen-bond donors (Lipinski definition) is 1. The molecule has 0 aliphatic carbocycles. The molecular formula is C11H17F3N2O3S. The van der Waals surface area contributed by atoms with E-state index in [4.69, 9.17) is 0 Å². The summed E-state index contributed by atoms with van der Waals surface area (Å²) >= 11 is 0. The minimum absolute atomic E-state index is 0.0768. The van der Waals surface area contributed by atoms with Crippen LogP contribution in [-0.2, 0) is 14.6 Å². The second-order valence-electron chi connectivity index (χ2n) is 5.48. The number of carbonyl (C=O) groups is 1. The highest BCUT2D eigenvalue weighted by atomic mass is 32.2. The molecule has 1 N–H and O–H groups in total. The van der Waals surface area contributed by atoms with E-state index in [9.17, 15) is 26.4 Å². The van der Waals surface area contributed by atoms with Crippen LogP contribution in [0.5, 0.6) is 0 Å². The predicted octanol–water partition coefficient (Wildman–Crippen LogP) is 0.174. The van der Waals surface area contributed by atoms with Crippen LogP contribution in [0, 0.1) is 5.41 Å². The van der Waals surface area contributed by atoms with Gasteiger partial charge in [0.1, 0.15) is 0 Å². The summed E-state index contributed by atoms with van der Waals surface area (Å²) in [5.74, 6) is -1.36. The van der Waals surface area contributed by atoms with E-state index in [2.05, 4.69) is 5.32 Å². The molecule has 0 spiro atoms. The maximum Gasteiger partial charge on any atom is 0.404 e. The molecule has 2 unspecified atom stereocenters. The fourth-order valence-corrected chi connectivity index (χ4v) is 4.60. The Morgan fingerprint density at radius 2 is 2.05 bits per heavy atom. The average Bonchev–Trinajstić information content (AvgIpc) is 2.93. The van der Waals surface area contributed by atoms with Gasteiger partial charge >= 0.3 is 6.18 Å². The molecule has 20 heavy (non-hydrogen) atoms. The van der Waals surface area contributed by atoms with Gasteiger partial charge < -0.3 is 10.2 Å². The Bertz CT molecular complexity index is 498. The van der Waals surface area contributed by atoms with Crippen LogP contribution in [0.4, 0.5) is 13.2 Å². The quantitative estimate of drug-likeness (QED) is 0.789. The van der Waals surface area contributed by atoms with E-state index in [1.807, 2.05) is 0 Å². The molecule has 2 aliphatic heterocycles. The zero-order valence-corrected chi connectivity index (χ0v) is 11.9. The first-order valence-corrected chi connectivity index (χ1v) is 8.16. The van der Waals surface area contributed by atoms with Crippen LogP contribution in [-0.4, -0.2) is 63.1 Å². The van der Waals surface area contributed by atoms with Gasteiger partial charge in [0.2, 0.25) is 5.91 Å². The standard InChI is InChI=1S/C11H17F3N2O3S/c1-16(8-2-5-20(18,19)6-8)9(17)10(11(12,13)14)3-4-15-7-10/h8,15H,2-7H2,1H3. The van der Waals surface area contributed by atoms with E-state index in [1.165, 1.54) is 7.05 Å². The molecule has 5 nitrogen and oxygen atoms in total.